The van der Waals surface area contributed by atoms with E-state index in [0.717, 1.165) is 11.1 Å². The van der Waals surface area contributed by atoms with Crippen LogP contribution in [0.15, 0.2) is 42.6 Å². The molecule has 2 N–H and O–H groups in total. The Morgan fingerprint density at radius 3 is 2.27 bits per heavy atom. The molecule has 0 saturated carbocycles. The number of pyridine rings is 1. The van der Waals surface area contributed by atoms with Gasteiger partial charge in [-0.2, -0.15) is 0 Å². The molecule has 2 amide bonds. The van der Waals surface area contributed by atoms with Crippen molar-refractivity contribution in [3.63, 3.8) is 0 Å². The summed E-state index contributed by atoms with van der Waals surface area (Å²) < 4.78 is 5.37. The number of carbonyl (C=O) groups excluding carboxylic acids is 3. The van der Waals surface area contributed by atoms with Crippen molar-refractivity contribution >= 4 is 17.8 Å². The topological polar surface area (TPSA) is 97.4 Å². The lowest BCUT2D eigenvalue weighted by molar-refractivity contribution is -0.120. The van der Waals surface area contributed by atoms with Crippen LogP contribution in [0.2, 0.25) is 0 Å². The second-order valence-corrected chi connectivity index (χ2v) is 10.2. The average Bonchev–Trinajstić information content (AvgIpc) is 2.66. The van der Waals surface area contributed by atoms with Crippen molar-refractivity contribution in [1.29, 1.82) is 0 Å². The molecule has 1 aromatic heterocycles. The first kappa shape index (κ1) is 26.0. The molecule has 0 saturated heterocycles. The third kappa shape index (κ3) is 8.67. The van der Waals surface area contributed by atoms with Crippen LogP contribution in [0.1, 0.15) is 68.7 Å². The molecule has 0 aliphatic carbocycles. The van der Waals surface area contributed by atoms with E-state index in [9.17, 15) is 14.4 Å². The van der Waals surface area contributed by atoms with Crippen LogP contribution < -0.4 is 10.6 Å². The molecule has 0 bridgehead atoms. The Labute approximate surface area is 196 Å². The van der Waals surface area contributed by atoms with Gasteiger partial charge in [0.05, 0.1) is 23.7 Å². The van der Waals surface area contributed by atoms with E-state index < -0.39 is 23.3 Å². The number of ketones is 1. The zero-order valence-corrected chi connectivity index (χ0v) is 20.6. The highest BCUT2D eigenvalue weighted by molar-refractivity contribution is 5.98. The highest BCUT2D eigenvalue weighted by Gasteiger charge is 2.27. The molecule has 33 heavy (non-hydrogen) atoms. The van der Waals surface area contributed by atoms with Crippen molar-refractivity contribution in [2.45, 2.75) is 78.5 Å². The molecule has 2 rings (SSSR count). The van der Waals surface area contributed by atoms with Crippen molar-refractivity contribution < 1.29 is 19.1 Å². The van der Waals surface area contributed by atoms with Crippen LogP contribution in [0.5, 0.6) is 0 Å². The first-order valence-corrected chi connectivity index (χ1v) is 11.1. The van der Waals surface area contributed by atoms with E-state index in [1.54, 1.807) is 39.1 Å². The molecule has 0 radical (unpaired) electrons. The monoisotopic (exact) mass is 453 g/mol. The summed E-state index contributed by atoms with van der Waals surface area (Å²) in [6.07, 6.45) is 1.09. The van der Waals surface area contributed by atoms with E-state index in [1.165, 1.54) is 0 Å². The van der Waals surface area contributed by atoms with Crippen LogP contribution >= 0.6 is 0 Å². The van der Waals surface area contributed by atoms with E-state index in [0.29, 0.717) is 17.7 Å². The third-order valence-corrected chi connectivity index (χ3v) is 4.73. The van der Waals surface area contributed by atoms with E-state index >= 15 is 0 Å². The van der Waals surface area contributed by atoms with Gasteiger partial charge in [-0.25, -0.2) is 4.79 Å². The number of nitrogens with zero attached hydrogens (tertiary/aromatic N) is 1. The molecule has 2 aromatic rings. The Hall–Kier alpha value is -3.22. The Morgan fingerprint density at radius 2 is 1.67 bits per heavy atom. The number of nitrogens with one attached hydrogen (secondary N) is 2. The lowest BCUT2D eigenvalue weighted by Crippen LogP contribution is -2.45. The molecular weight excluding hydrogens is 418 g/mol. The number of ether oxygens (including phenoxy) is 1. The summed E-state index contributed by atoms with van der Waals surface area (Å²) in [6, 6.07) is 10.2. The molecule has 178 valence electrons. The van der Waals surface area contributed by atoms with Crippen molar-refractivity contribution in [2.24, 2.45) is 0 Å². The lowest BCUT2D eigenvalue weighted by atomic mass is 9.95. The van der Waals surface area contributed by atoms with Crippen molar-refractivity contribution in [2.75, 3.05) is 0 Å². The fourth-order valence-electron chi connectivity index (χ4n) is 3.24. The normalized spacial score (nSPS) is 12.6. The quantitative estimate of drug-likeness (QED) is 0.656. The number of rotatable bonds is 7. The van der Waals surface area contributed by atoms with Gasteiger partial charge in [0.15, 0.2) is 5.78 Å². The molecule has 1 aromatic carbocycles. The molecule has 0 aliphatic rings. The Morgan fingerprint density at radius 1 is 1.00 bits per heavy atom. The fraction of sp³-hybridized carbons (Fsp3) is 0.462. The van der Waals surface area contributed by atoms with Gasteiger partial charge in [0.25, 0.3) is 5.91 Å². The summed E-state index contributed by atoms with van der Waals surface area (Å²) in [4.78, 5) is 42.9. The minimum absolute atomic E-state index is 0.0971. The Balaban J connectivity index is 2.29. The number of hydrogen-bond acceptors (Lipinski definition) is 5. The van der Waals surface area contributed by atoms with Crippen molar-refractivity contribution in [3.05, 3.63) is 65.0 Å². The highest BCUT2D eigenvalue weighted by Crippen LogP contribution is 2.15. The summed E-state index contributed by atoms with van der Waals surface area (Å²) in [7, 11) is 0. The van der Waals surface area contributed by atoms with Gasteiger partial charge in [0.1, 0.15) is 5.60 Å². The summed E-state index contributed by atoms with van der Waals surface area (Å²) in [5.74, 6) is -0.554. The first-order chi connectivity index (χ1) is 15.2. The maximum absolute atomic E-state index is 13.3. The van der Waals surface area contributed by atoms with E-state index in [-0.39, 0.29) is 18.1 Å². The van der Waals surface area contributed by atoms with E-state index in [2.05, 4.69) is 15.6 Å². The number of carbonyl (C=O) groups is 3. The Bertz CT molecular complexity index is 1000. The predicted molar refractivity (Wildman–Crippen MR) is 128 cm³/mol. The molecule has 7 heteroatoms. The summed E-state index contributed by atoms with van der Waals surface area (Å²) in [5.41, 5.74) is 1.54. The summed E-state index contributed by atoms with van der Waals surface area (Å²) >= 11 is 0. The van der Waals surface area contributed by atoms with Crippen LogP contribution in [0.25, 0.3) is 0 Å². The van der Waals surface area contributed by atoms with E-state index in [4.69, 9.17) is 4.74 Å². The molecule has 0 spiro atoms. The van der Waals surface area contributed by atoms with Gasteiger partial charge in [-0.05, 0) is 71.7 Å². The van der Waals surface area contributed by atoms with E-state index in [1.807, 2.05) is 52.0 Å². The minimum atomic E-state index is -0.832. The van der Waals surface area contributed by atoms with Gasteiger partial charge < -0.3 is 15.4 Å². The van der Waals surface area contributed by atoms with Crippen LogP contribution in [-0.2, 0) is 22.4 Å². The zero-order valence-electron chi connectivity index (χ0n) is 20.6. The largest absolute Gasteiger partial charge is 0.444 e. The zero-order chi connectivity index (χ0) is 24.8. The first-order valence-electron chi connectivity index (χ1n) is 11.1. The van der Waals surface area contributed by atoms with Gasteiger partial charge in [-0.15, -0.1) is 0 Å². The smallest absolute Gasteiger partial charge is 0.408 e. The van der Waals surface area contributed by atoms with Gasteiger partial charge in [-0.1, -0.05) is 24.3 Å². The van der Waals surface area contributed by atoms with Crippen LogP contribution in [0.3, 0.4) is 0 Å². The molecule has 7 nitrogen and oxygen atoms in total. The van der Waals surface area contributed by atoms with Crippen molar-refractivity contribution in [1.82, 2.24) is 15.6 Å². The predicted octanol–water partition coefficient (Wildman–Crippen LogP) is 4.17. The number of alkyl carbamates (subject to hydrolysis) is 1. The summed E-state index contributed by atoms with van der Waals surface area (Å²) in [6.45, 7) is 12.9. The molecule has 1 heterocycles. The number of hydrogen-bond donors (Lipinski definition) is 2. The van der Waals surface area contributed by atoms with Gasteiger partial charge in [0.2, 0.25) is 0 Å². The lowest BCUT2D eigenvalue weighted by Gasteiger charge is -2.24. The van der Waals surface area contributed by atoms with Crippen LogP contribution in [0, 0.1) is 6.92 Å². The fourth-order valence-corrected chi connectivity index (χ4v) is 3.24. The maximum atomic E-state index is 13.3. The molecule has 0 aliphatic heterocycles. The number of amides is 2. The third-order valence-electron chi connectivity index (χ3n) is 4.73. The molecule has 1 unspecified atom stereocenters. The van der Waals surface area contributed by atoms with Gasteiger partial charge >= 0.3 is 6.09 Å². The number of benzene rings is 1. The van der Waals surface area contributed by atoms with Crippen LogP contribution in [0.4, 0.5) is 4.79 Å². The average molecular weight is 454 g/mol. The number of aromatic nitrogens is 1. The summed E-state index contributed by atoms with van der Waals surface area (Å²) in [5, 5.41) is 5.62. The molecule has 1 atom stereocenters. The second-order valence-electron chi connectivity index (χ2n) is 10.2. The standard InChI is InChI=1S/C26H35N3O4/c1-17-11-8-9-12-18(17)15-21(28-24(32)33-26(5,6)7)22(30)16-20-19(13-10-14-27-20)23(31)29-25(2,3)4/h8-14,21H,15-16H2,1-7H3,(H,28,32)(H,29,31). The second kappa shape index (κ2) is 10.6. The highest BCUT2D eigenvalue weighted by atomic mass is 16.6. The molecular formula is C26H35N3O4. The van der Waals surface area contributed by atoms with Gasteiger partial charge in [0, 0.05) is 18.2 Å². The number of aryl methyl sites for hydroxylation is 1. The molecule has 0 fully saturated rings. The van der Waals surface area contributed by atoms with Gasteiger partial charge in [-0.3, -0.25) is 14.6 Å². The maximum Gasteiger partial charge on any atom is 0.408 e. The Kier molecular flexibility index (Phi) is 8.36. The van der Waals surface area contributed by atoms with Crippen molar-refractivity contribution in [3.8, 4) is 0 Å². The minimum Gasteiger partial charge on any atom is -0.444 e. The SMILES string of the molecule is Cc1ccccc1CC(NC(=O)OC(C)(C)C)C(=O)Cc1ncccc1C(=O)NC(C)(C)C. The number of Topliss-reactive ketones (excluding diaryl/α,β-unsaturated/α-hetero) is 1. The van der Waals surface area contributed by atoms with Crippen LogP contribution in [-0.4, -0.2) is 39.9 Å².